The number of methoxy groups -OCH3 is 1. The van der Waals surface area contributed by atoms with Crippen LogP contribution in [0.15, 0.2) is 42.5 Å². The van der Waals surface area contributed by atoms with Crippen LogP contribution in [0.3, 0.4) is 0 Å². The third kappa shape index (κ3) is 2.89. The highest BCUT2D eigenvalue weighted by Crippen LogP contribution is 2.21. The molecule has 2 aromatic carbocycles. The summed E-state index contributed by atoms with van der Waals surface area (Å²) in [6.07, 6.45) is 0. The number of rotatable bonds is 4. The van der Waals surface area contributed by atoms with Crippen molar-refractivity contribution in [3.8, 4) is 11.8 Å². The molecule has 0 N–H and O–H groups in total. The highest BCUT2D eigenvalue weighted by molar-refractivity contribution is 5.49. The number of benzene rings is 2. The molecule has 0 unspecified atom stereocenters. The SMILES string of the molecule is COc1ccc(N(C)Cc2cccc(C#N)c2F)cc1. The molecule has 0 aromatic heterocycles. The maximum atomic E-state index is 14.0. The molecule has 0 spiro atoms. The van der Waals surface area contributed by atoms with Crippen LogP contribution in [0.2, 0.25) is 0 Å². The lowest BCUT2D eigenvalue weighted by Crippen LogP contribution is -2.17. The average molecular weight is 270 g/mol. The van der Waals surface area contributed by atoms with Gasteiger partial charge in [-0.05, 0) is 30.3 Å². The Bertz CT molecular complexity index is 632. The maximum absolute atomic E-state index is 14.0. The standard InChI is InChI=1S/C16H15FN2O/c1-19(14-6-8-15(20-2)9-7-14)11-13-5-3-4-12(10-18)16(13)17/h3-9H,11H2,1-2H3. The molecule has 0 saturated carbocycles. The topological polar surface area (TPSA) is 36.3 Å². The Morgan fingerprint density at radius 2 is 1.90 bits per heavy atom. The average Bonchev–Trinajstić information content (AvgIpc) is 2.49. The van der Waals surface area contributed by atoms with E-state index in [1.54, 1.807) is 19.2 Å². The second-order valence-electron chi connectivity index (χ2n) is 4.44. The second-order valence-corrected chi connectivity index (χ2v) is 4.44. The lowest BCUT2D eigenvalue weighted by molar-refractivity contribution is 0.415. The van der Waals surface area contributed by atoms with Crippen LogP contribution in [0.4, 0.5) is 10.1 Å². The Balaban J connectivity index is 2.19. The summed E-state index contributed by atoms with van der Waals surface area (Å²) in [4.78, 5) is 1.92. The monoisotopic (exact) mass is 270 g/mol. The summed E-state index contributed by atoms with van der Waals surface area (Å²) in [5.41, 5.74) is 1.53. The number of halogens is 1. The zero-order valence-corrected chi connectivity index (χ0v) is 11.4. The van der Waals surface area contributed by atoms with Crippen molar-refractivity contribution in [3.05, 3.63) is 59.4 Å². The smallest absolute Gasteiger partial charge is 0.145 e. The number of anilines is 1. The van der Waals surface area contributed by atoms with Crippen molar-refractivity contribution in [3.63, 3.8) is 0 Å². The number of hydrogen-bond donors (Lipinski definition) is 0. The molecule has 3 nitrogen and oxygen atoms in total. The lowest BCUT2D eigenvalue weighted by atomic mass is 10.1. The molecule has 0 bridgehead atoms. The van der Waals surface area contributed by atoms with Crippen LogP contribution in [0.1, 0.15) is 11.1 Å². The van der Waals surface area contributed by atoms with E-state index >= 15 is 0 Å². The fourth-order valence-corrected chi connectivity index (χ4v) is 1.97. The van der Waals surface area contributed by atoms with Gasteiger partial charge in [0.1, 0.15) is 17.6 Å². The Morgan fingerprint density at radius 1 is 1.20 bits per heavy atom. The van der Waals surface area contributed by atoms with Crippen LogP contribution in [0.5, 0.6) is 5.75 Å². The quantitative estimate of drug-likeness (QED) is 0.855. The van der Waals surface area contributed by atoms with E-state index in [-0.39, 0.29) is 5.56 Å². The zero-order valence-electron chi connectivity index (χ0n) is 11.4. The van der Waals surface area contributed by atoms with Crippen molar-refractivity contribution in [2.45, 2.75) is 6.54 Å². The van der Waals surface area contributed by atoms with E-state index < -0.39 is 5.82 Å². The summed E-state index contributed by atoms with van der Waals surface area (Å²) in [5, 5.41) is 8.83. The fraction of sp³-hybridized carbons (Fsp3) is 0.188. The number of nitriles is 1. The van der Waals surface area contributed by atoms with E-state index in [4.69, 9.17) is 10.00 Å². The Labute approximate surface area is 117 Å². The van der Waals surface area contributed by atoms with Crippen molar-refractivity contribution in [2.75, 3.05) is 19.1 Å². The summed E-state index contributed by atoms with van der Waals surface area (Å²) in [6, 6.07) is 14.2. The van der Waals surface area contributed by atoms with E-state index in [1.165, 1.54) is 6.07 Å². The van der Waals surface area contributed by atoms with Gasteiger partial charge in [-0.2, -0.15) is 5.26 Å². The van der Waals surface area contributed by atoms with Gasteiger partial charge in [0.25, 0.3) is 0 Å². The Kier molecular flexibility index (Phi) is 4.21. The third-order valence-electron chi connectivity index (χ3n) is 3.12. The van der Waals surface area contributed by atoms with Gasteiger partial charge < -0.3 is 9.64 Å². The van der Waals surface area contributed by atoms with Crippen LogP contribution in [0.25, 0.3) is 0 Å². The number of nitrogens with zero attached hydrogens (tertiary/aromatic N) is 2. The number of hydrogen-bond acceptors (Lipinski definition) is 3. The normalized spacial score (nSPS) is 9.90. The van der Waals surface area contributed by atoms with Gasteiger partial charge in [-0.15, -0.1) is 0 Å². The zero-order chi connectivity index (χ0) is 14.5. The van der Waals surface area contributed by atoms with Crippen molar-refractivity contribution >= 4 is 5.69 Å². The van der Waals surface area contributed by atoms with Crippen LogP contribution < -0.4 is 9.64 Å². The Hall–Kier alpha value is -2.54. The molecule has 0 amide bonds. The molecule has 20 heavy (non-hydrogen) atoms. The first-order valence-corrected chi connectivity index (χ1v) is 6.18. The molecule has 102 valence electrons. The summed E-state index contributed by atoms with van der Waals surface area (Å²) in [7, 11) is 3.49. The minimum Gasteiger partial charge on any atom is -0.497 e. The first-order chi connectivity index (χ1) is 9.65. The third-order valence-corrected chi connectivity index (χ3v) is 3.12. The van der Waals surface area contributed by atoms with Gasteiger partial charge in [0, 0.05) is 24.8 Å². The summed E-state index contributed by atoms with van der Waals surface area (Å²) in [6.45, 7) is 0.397. The Morgan fingerprint density at radius 3 is 2.50 bits per heavy atom. The minimum atomic E-state index is -0.449. The van der Waals surface area contributed by atoms with E-state index in [9.17, 15) is 4.39 Å². The van der Waals surface area contributed by atoms with Crippen LogP contribution in [0, 0.1) is 17.1 Å². The van der Waals surface area contributed by atoms with Gasteiger partial charge in [-0.25, -0.2) is 4.39 Å². The van der Waals surface area contributed by atoms with Crippen LogP contribution in [-0.2, 0) is 6.54 Å². The van der Waals surface area contributed by atoms with Gasteiger partial charge in [-0.3, -0.25) is 0 Å². The minimum absolute atomic E-state index is 0.0747. The van der Waals surface area contributed by atoms with Gasteiger partial charge in [-0.1, -0.05) is 12.1 Å². The highest BCUT2D eigenvalue weighted by Gasteiger charge is 2.10. The summed E-state index contributed by atoms with van der Waals surface area (Å²) in [5.74, 6) is 0.329. The maximum Gasteiger partial charge on any atom is 0.145 e. The molecular weight excluding hydrogens is 255 g/mol. The largest absolute Gasteiger partial charge is 0.497 e. The van der Waals surface area contributed by atoms with E-state index in [0.717, 1.165) is 11.4 Å². The van der Waals surface area contributed by atoms with Crippen molar-refractivity contribution < 1.29 is 9.13 Å². The predicted molar refractivity (Wildman–Crippen MR) is 76.2 cm³/mol. The summed E-state index contributed by atoms with van der Waals surface area (Å²) >= 11 is 0. The molecule has 0 saturated heterocycles. The van der Waals surface area contributed by atoms with E-state index in [2.05, 4.69) is 0 Å². The van der Waals surface area contributed by atoms with Gasteiger partial charge >= 0.3 is 0 Å². The molecule has 2 rings (SSSR count). The van der Waals surface area contributed by atoms with Gasteiger partial charge in [0.2, 0.25) is 0 Å². The van der Waals surface area contributed by atoms with E-state index in [1.807, 2.05) is 42.3 Å². The van der Waals surface area contributed by atoms with E-state index in [0.29, 0.717) is 12.1 Å². The molecule has 0 aliphatic rings. The molecule has 0 atom stereocenters. The number of ether oxygens (including phenoxy) is 1. The second kappa shape index (κ2) is 6.07. The molecule has 0 fully saturated rings. The summed E-state index contributed by atoms with van der Waals surface area (Å²) < 4.78 is 19.1. The first kappa shape index (κ1) is 13.9. The van der Waals surface area contributed by atoms with Crippen molar-refractivity contribution in [1.82, 2.24) is 0 Å². The van der Waals surface area contributed by atoms with Crippen molar-refractivity contribution in [2.24, 2.45) is 0 Å². The molecule has 4 heteroatoms. The molecular formula is C16H15FN2O. The van der Waals surface area contributed by atoms with Crippen LogP contribution >= 0.6 is 0 Å². The molecule has 2 aromatic rings. The molecule has 0 aliphatic heterocycles. The first-order valence-electron chi connectivity index (χ1n) is 6.18. The molecule has 0 aliphatic carbocycles. The molecule has 0 heterocycles. The van der Waals surface area contributed by atoms with Gasteiger partial charge in [0.15, 0.2) is 0 Å². The van der Waals surface area contributed by atoms with Crippen LogP contribution in [-0.4, -0.2) is 14.2 Å². The fourth-order valence-electron chi connectivity index (χ4n) is 1.97. The lowest BCUT2D eigenvalue weighted by Gasteiger charge is -2.20. The van der Waals surface area contributed by atoms with Gasteiger partial charge in [0.05, 0.1) is 12.7 Å². The predicted octanol–water partition coefficient (Wildman–Crippen LogP) is 3.34. The highest BCUT2D eigenvalue weighted by atomic mass is 19.1. The molecule has 0 radical (unpaired) electrons. The van der Waals surface area contributed by atoms with Crippen molar-refractivity contribution in [1.29, 1.82) is 5.26 Å².